The standard InChI is InChI=1S/C57H109O15PSi2/c1-23-61-73(60,62-24-2)40(6)52(59)64-51(38(3)4)39(5)25-26-42(71-74(19,20)53(7,8)9)30-44-33-46(67-55(13,14)65-44)35-48-37-49(70-57(17,18)69-48)36-47-34-45(66-56(15,16)68-47)31-43-32-50(29-41(63-43)27-28-58)72-75(21,22)54(10,11)12/h28,38-51H,23-27,29-37H2,1-22H3/t39-,40?,41+,42-,43-,44-,45-,46-,47+,48+,49-,50-,51-/m0/s1. The minimum Gasteiger partial charge on any atom is -0.461 e. The number of carbonyl (C=O) groups excluding carboxylic acids is 2. The van der Waals surface area contributed by atoms with Crippen LogP contribution >= 0.6 is 7.60 Å². The summed E-state index contributed by atoms with van der Waals surface area (Å²) in [6, 6.07) is 0. The van der Waals surface area contributed by atoms with Crippen molar-refractivity contribution < 1.29 is 69.9 Å². The summed E-state index contributed by atoms with van der Waals surface area (Å²) < 4.78 is 91.5. The van der Waals surface area contributed by atoms with E-state index in [1.54, 1.807) is 20.8 Å². The Morgan fingerprint density at radius 3 is 1.45 bits per heavy atom. The van der Waals surface area contributed by atoms with Crippen molar-refractivity contribution in [2.75, 3.05) is 13.2 Å². The second kappa shape index (κ2) is 27.0. The Hall–Kier alpha value is -0.636. The summed E-state index contributed by atoms with van der Waals surface area (Å²) in [4.78, 5) is 25.3. The lowest BCUT2D eigenvalue weighted by Gasteiger charge is -2.47. The molecule has 4 rings (SSSR count). The second-order valence-corrected chi connectivity index (χ2v) is 39.2. The van der Waals surface area contributed by atoms with Gasteiger partial charge in [0, 0.05) is 57.2 Å². The minimum absolute atomic E-state index is 0.0105. The number of aldehydes is 1. The van der Waals surface area contributed by atoms with Crippen LogP contribution in [0.25, 0.3) is 0 Å². The fourth-order valence-electron chi connectivity index (χ4n) is 11.2. The second-order valence-electron chi connectivity index (χ2n) is 27.3. The number of hydrogen-bond acceptors (Lipinski definition) is 15. The first kappa shape index (κ1) is 66.9. The highest BCUT2D eigenvalue weighted by Crippen LogP contribution is 2.53. The molecule has 0 saturated carbocycles. The van der Waals surface area contributed by atoms with Crippen LogP contribution in [0.1, 0.15) is 202 Å². The summed E-state index contributed by atoms with van der Waals surface area (Å²) in [6.07, 6.45) is 7.68. The molecule has 4 aliphatic heterocycles. The fourth-order valence-corrected chi connectivity index (χ4v) is 15.5. The molecule has 0 aliphatic carbocycles. The first-order valence-electron chi connectivity index (χ1n) is 28.9. The molecule has 0 amide bonds. The van der Waals surface area contributed by atoms with E-state index >= 15 is 0 Å². The monoisotopic (exact) mass is 1120 g/mol. The Balaban J connectivity index is 1.45. The lowest BCUT2D eigenvalue weighted by Crippen LogP contribution is -2.52. The Kier molecular flexibility index (Phi) is 24.0. The van der Waals surface area contributed by atoms with Gasteiger partial charge in [-0.3, -0.25) is 9.36 Å². The SMILES string of the molecule is CCOP(=O)(OCC)C(C)C(=O)O[C@@H](C(C)C)[C@@H](C)CC[C@@H](C[C@H]1C[C@@H](C[C@@H]2C[C@H](C[C@H]3C[C@H](C[C@H]4C[C@@H](O[Si](C)(C)C(C)(C)C)C[C@@H](CC=O)O4)OC(C)(C)O3)OC(C)(C)O2)OC(C)(C)O1)O[Si](C)(C)C(C)(C)C. The summed E-state index contributed by atoms with van der Waals surface area (Å²) in [5, 5.41) is 0.0656. The highest BCUT2D eigenvalue weighted by molar-refractivity contribution is 7.55. The average Bonchev–Trinajstić information content (AvgIpc) is 3.21. The van der Waals surface area contributed by atoms with Crippen LogP contribution in [0.4, 0.5) is 0 Å². The molecular formula is C57H109O15PSi2. The van der Waals surface area contributed by atoms with Crippen LogP contribution in [0.2, 0.25) is 36.3 Å². The summed E-state index contributed by atoms with van der Waals surface area (Å²) in [7, 11) is -7.96. The highest BCUT2D eigenvalue weighted by Gasteiger charge is 2.48. The van der Waals surface area contributed by atoms with E-state index in [2.05, 4.69) is 88.5 Å². The van der Waals surface area contributed by atoms with Gasteiger partial charge in [-0.1, -0.05) is 62.3 Å². The zero-order chi connectivity index (χ0) is 56.8. The Morgan fingerprint density at radius 2 is 1.04 bits per heavy atom. The molecule has 18 heteroatoms. The predicted molar refractivity (Wildman–Crippen MR) is 300 cm³/mol. The molecule has 15 nitrogen and oxygen atoms in total. The molecule has 0 aromatic heterocycles. The molecule has 0 radical (unpaired) electrons. The van der Waals surface area contributed by atoms with Gasteiger partial charge in [-0.25, -0.2) is 0 Å². The highest BCUT2D eigenvalue weighted by atomic mass is 31.2. The van der Waals surface area contributed by atoms with Gasteiger partial charge in [-0.05, 0) is 143 Å². The molecule has 4 heterocycles. The van der Waals surface area contributed by atoms with Crippen molar-refractivity contribution in [2.24, 2.45) is 11.8 Å². The van der Waals surface area contributed by atoms with E-state index in [-0.39, 0.29) is 96.2 Å². The number of hydrogen-bond donors (Lipinski definition) is 0. The van der Waals surface area contributed by atoms with Gasteiger partial charge in [0.15, 0.2) is 39.7 Å². The van der Waals surface area contributed by atoms with E-state index in [1.807, 2.05) is 41.5 Å². The average molecular weight is 1120 g/mol. The largest absolute Gasteiger partial charge is 0.461 e. The van der Waals surface area contributed by atoms with E-state index < -0.39 is 59.3 Å². The van der Waals surface area contributed by atoms with Crippen molar-refractivity contribution in [3.8, 4) is 0 Å². The molecule has 1 unspecified atom stereocenters. The van der Waals surface area contributed by atoms with E-state index in [9.17, 15) is 14.2 Å². The zero-order valence-corrected chi connectivity index (χ0v) is 54.0. The quantitative estimate of drug-likeness (QED) is 0.0348. The summed E-state index contributed by atoms with van der Waals surface area (Å²) in [5.41, 5.74) is -1.05. The molecule has 4 saturated heterocycles. The first-order valence-corrected chi connectivity index (χ1v) is 36.3. The van der Waals surface area contributed by atoms with Crippen LogP contribution < -0.4 is 0 Å². The lowest BCUT2D eigenvalue weighted by atomic mass is 9.88. The molecule has 4 fully saturated rings. The summed E-state index contributed by atoms with van der Waals surface area (Å²) in [6.45, 7) is 46.3. The maximum absolute atomic E-state index is 13.6. The maximum atomic E-state index is 13.6. The number of esters is 1. The van der Waals surface area contributed by atoms with Gasteiger partial charge in [0.2, 0.25) is 0 Å². The van der Waals surface area contributed by atoms with Crippen LogP contribution in [0.15, 0.2) is 0 Å². The summed E-state index contributed by atoms with van der Waals surface area (Å²) in [5.74, 6) is -3.01. The third kappa shape index (κ3) is 20.4. The van der Waals surface area contributed by atoms with E-state index in [1.165, 1.54) is 0 Å². The van der Waals surface area contributed by atoms with Crippen LogP contribution in [0, 0.1) is 11.8 Å². The fraction of sp³-hybridized carbons (Fsp3) is 0.965. The maximum Gasteiger partial charge on any atom is 0.344 e. The molecule has 13 atom stereocenters. The number of rotatable bonds is 26. The molecule has 0 aromatic carbocycles. The number of ether oxygens (including phenoxy) is 8. The molecule has 0 spiro atoms. The Labute approximate surface area is 457 Å². The molecular weight excluding hydrogens is 1010 g/mol. The van der Waals surface area contributed by atoms with Crippen LogP contribution in [0.3, 0.4) is 0 Å². The first-order chi connectivity index (χ1) is 34.3. The third-order valence-electron chi connectivity index (χ3n) is 16.6. The van der Waals surface area contributed by atoms with E-state index in [0.717, 1.165) is 32.0 Å². The van der Waals surface area contributed by atoms with E-state index in [0.29, 0.717) is 51.4 Å². The minimum atomic E-state index is -3.69. The Bertz CT molecular complexity index is 1820. The summed E-state index contributed by atoms with van der Waals surface area (Å²) >= 11 is 0. The van der Waals surface area contributed by atoms with Gasteiger partial charge in [-0.15, -0.1) is 0 Å². The molecule has 0 N–H and O–H groups in total. The molecule has 4 aliphatic rings. The van der Waals surface area contributed by atoms with Crippen LogP contribution in [0.5, 0.6) is 0 Å². The zero-order valence-electron chi connectivity index (χ0n) is 51.1. The molecule has 440 valence electrons. The normalized spacial score (nSPS) is 30.6. The van der Waals surface area contributed by atoms with Gasteiger partial charge >= 0.3 is 13.6 Å². The van der Waals surface area contributed by atoms with Gasteiger partial charge < -0.3 is 60.6 Å². The lowest BCUT2D eigenvalue weighted by molar-refractivity contribution is -0.336. The van der Waals surface area contributed by atoms with E-state index in [4.69, 9.17) is 55.8 Å². The van der Waals surface area contributed by atoms with Crippen LogP contribution in [-0.2, 0) is 69.9 Å². The van der Waals surface area contributed by atoms with Crippen molar-refractivity contribution in [3.05, 3.63) is 0 Å². The topological polar surface area (TPSA) is 162 Å². The Morgan fingerprint density at radius 1 is 0.627 bits per heavy atom. The number of carbonyl (C=O) groups is 2. The smallest absolute Gasteiger partial charge is 0.344 e. The molecule has 0 aromatic rings. The van der Waals surface area contributed by atoms with Gasteiger partial charge in [0.25, 0.3) is 0 Å². The molecule has 75 heavy (non-hydrogen) atoms. The van der Waals surface area contributed by atoms with Gasteiger partial charge in [-0.2, -0.15) is 0 Å². The predicted octanol–water partition coefficient (Wildman–Crippen LogP) is 13.8. The van der Waals surface area contributed by atoms with Crippen LogP contribution in [-0.4, -0.2) is 132 Å². The van der Waals surface area contributed by atoms with Gasteiger partial charge in [0.1, 0.15) is 12.4 Å². The van der Waals surface area contributed by atoms with Crippen molar-refractivity contribution in [1.82, 2.24) is 0 Å². The van der Waals surface area contributed by atoms with Crippen molar-refractivity contribution >= 4 is 36.5 Å². The van der Waals surface area contributed by atoms with Crippen molar-refractivity contribution in [1.29, 1.82) is 0 Å². The van der Waals surface area contributed by atoms with Crippen molar-refractivity contribution in [3.63, 3.8) is 0 Å². The van der Waals surface area contributed by atoms with Crippen molar-refractivity contribution in [2.45, 2.75) is 328 Å². The van der Waals surface area contributed by atoms with Gasteiger partial charge in [0.05, 0.1) is 62.0 Å². The molecule has 0 bridgehead atoms. The third-order valence-corrected chi connectivity index (χ3v) is 28.0.